The summed E-state index contributed by atoms with van der Waals surface area (Å²) in [5.41, 5.74) is 10.4. The number of sulfonamides is 1. The second kappa shape index (κ2) is 16.8. The van der Waals surface area contributed by atoms with E-state index < -0.39 is 40.4 Å². The van der Waals surface area contributed by atoms with Crippen LogP contribution in [0.5, 0.6) is 5.75 Å². The largest absolute Gasteiger partial charge is 0.573 e. The Labute approximate surface area is 344 Å². The second-order valence-corrected chi connectivity index (χ2v) is 18.6. The van der Waals surface area contributed by atoms with E-state index in [2.05, 4.69) is 67.8 Å². The van der Waals surface area contributed by atoms with Crippen molar-refractivity contribution < 1.29 is 36.5 Å². The number of fused-ring (bicyclic) bond motifs is 4. The lowest BCUT2D eigenvalue weighted by molar-refractivity contribution is -0.274. The monoisotopic (exact) mass is 848 g/mol. The summed E-state index contributed by atoms with van der Waals surface area (Å²) in [6, 6.07) is 35.4. The van der Waals surface area contributed by atoms with Gasteiger partial charge in [-0.05, 0) is 111 Å². The van der Waals surface area contributed by atoms with Crippen LogP contribution in [0, 0.1) is 0 Å². The Bertz CT molecular complexity index is 2260. The van der Waals surface area contributed by atoms with Crippen LogP contribution in [0.25, 0.3) is 0 Å². The van der Waals surface area contributed by atoms with Crippen LogP contribution in [0.15, 0.2) is 146 Å². The number of ether oxygens (including phenoxy) is 1. The Morgan fingerprint density at radius 2 is 1.03 bits per heavy atom. The van der Waals surface area contributed by atoms with Gasteiger partial charge in [-0.15, -0.1) is 13.2 Å². The van der Waals surface area contributed by atoms with Crippen LogP contribution in [-0.2, 0) is 10.0 Å². The van der Waals surface area contributed by atoms with Gasteiger partial charge < -0.3 is 30.5 Å². The van der Waals surface area contributed by atoms with Gasteiger partial charge in [0, 0.05) is 25.6 Å². The maximum Gasteiger partial charge on any atom is 0.573 e. The summed E-state index contributed by atoms with van der Waals surface area (Å²) in [7, 11) is -4.10. The minimum Gasteiger partial charge on any atom is -0.406 e. The number of hydrogen-bond donors (Lipinski definition) is 4. The summed E-state index contributed by atoms with van der Waals surface area (Å²) < 4.78 is 69.7. The SMILES string of the molecule is N[C@@H]1CCCC(N2c3ccccc3Sc3ccccc32)[C@H]1O.O=S(=O)(N[C@@H]1CCCC(N2c3ccccc3Sc3ccccc32)[C@H]1O)c1ccc(OC(F)(F)F)cc1. The molecule has 2 fully saturated rings. The van der Waals surface area contributed by atoms with E-state index in [-0.39, 0.29) is 23.0 Å². The molecule has 58 heavy (non-hydrogen) atoms. The van der Waals surface area contributed by atoms with Gasteiger partial charge in [-0.3, -0.25) is 0 Å². The highest BCUT2D eigenvalue weighted by Crippen LogP contribution is 2.51. The van der Waals surface area contributed by atoms with Gasteiger partial charge in [0.05, 0.1) is 58.0 Å². The molecule has 2 aliphatic carbocycles. The molecule has 0 aromatic heterocycles. The smallest absolute Gasteiger partial charge is 0.406 e. The van der Waals surface area contributed by atoms with Crippen molar-refractivity contribution in [1.82, 2.24) is 4.72 Å². The van der Waals surface area contributed by atoms with Crippen LogP contribution in [0.1, 0.15) is 38.5 Å². The maximum absolute atomic E-state index is 13.0. The van der Waals surface area contributed by atoms with E-state index in [0.29, 0.717) is 19.3 Å². The predicted molar refractivity (Wildman–Crippen MR) is 221 cm³/mol. The standard InChI is InChI=1S/C25H23F3N2O4S2.C18H20N2OS/c26-25(27,28)34-16-12-14-17(15-13-16)36(32,33)29-18-6-5-9-21(24(18)31)30-19-7-1-3-10-22(19)35-23-11-4-2-8-20(23)30;19-12-6-5-9-15(18(12)21)20-13-7-1-3-10-16(13)22-17-11-4-2-8-14(17)20/h1-4,7-8,10-15,18,21,24,29,31H,5-6,9H2;1-4,7-8,10-12,15,18,21H,5-6,9,19H2/t18-,21?,24+;12-,15?,18+/m11/s1. The lowest BCUT2D eigenvalue weighted by Crippen LogP contribution is -2.56. The maximum atomic E-state index is 13.0. The average molecular weight is 849 g/mol. The molecule has 9 nitrogen and oxygen atoms in total. The number of aliphatic hydroxyl groups is 2. The third kappa shape index (κ3) is 8.44. The summed E-state index contributed by atoms with van der Waals surface area (Å²) in [5, 5.41) is 22.1. The zero-order valence-corrected chi connectivity index (χ0v) is 33.7. The molecule has 2 heterocycles. The van der Waals surface area contributed by atoms with E-state index in [0.717, 1.165) is 64.7 Å². The van der Waals surface area contributed by atoms with Crippen molar-refractivity contribution in [2.75, 3.05) is 9.80 Å². The molecule has 9 rings (SSSR count). The molecule has 5 N–H and O–H groups in total. The Morgan fingerprint density at radius 1 is 0.621 bits per heavy atom. The van der Waals surface area contributed by atoms with Crippen LogP contribution >= 0.6 is 23.5 Å². The highest BCUT2D eigenvalue weighted by atomic mass is 32.2. The number of benzene rings is 5. The fourth-order valence-corrected chi connectivity index (χ4v) is 11.7. The second-order valence-electron chi connectivity index (χ2n) is 14.7. The van der Waals surface area contributed by atoms with Crippen LogP contribution in [0.2, 0.25) is 0 Å². The summed E-state index contributed by atoms with van der Waals surface area (Å²) in [6.45, 7) is 0. The van der Waals surface area contributed by atoms with E-state index in [1.807, 2.05) is 48.5 Å². The molecule has 2 aliphatic heterocycles. The zero-order valence-electron chi connectivity index (χ0n) is 31.2. The van der Waals surface area contributed by atoms with Gasteiger partial charge >= 0.3 is 6.36 Å². The van der Waals surface area contributed by atoms with Crippen molar-refractivity contribution >= 4 is 56.3 Å². The Morgan fingerprint density at radius 3 is 1.48 bits per heavy atom. The number of aliphatic hydroxyl groups excluding tert-OH is 2. The van der Waals surface area contributed by atoms with Gasteiger partial charge in [0.25, 0.3) is 0 Å². The van der Waals surface area contributed by atoms with E-state index in [4.69, 9.17) is 5.73 Å². The van der Waals surface area contributed by atoms with Gasteiger partial charge in [-0.2, -0.15) is 0 Å². The molecule has 0 spiro atoms. The number of rotatable bonds is 6. The molecule has 0 saturated heterocycles. The molecule has 15 heteroatoms. The fourth-order valence-electron chi connectivity index (χ4n) is 8.31. The van der Waals surface area contributed by atoms with Crippen molar-refractivity contribution in [3.8, 4) is 5.75 Å². The van der Waals surface area contributed by atoms with Crippen molar-refractivity contribution in [2.24, 2.45) is 5.73 Å². The van der Waals surface area contributed by atoms with Gasteiger partial charge in [0.15, 0.2) is 0 Å². The first-order chi connectivity index (χ1) is 27.9. The zero-order chi connectivity index (χ0) is 40.6. The molecule has 0 bridgehead atoms. The van der Waals surface area contributed by atoms with E-state index in [1.165, 1.54) is 21.2 Å². The third-order valence-electron chi connectivity index (χ3n) is 11.0. The fraction of sp³-hybridized carbons (Fsp3) is 0.302. The Kier molecular flexibility index (Phi) is 11.7. The van der Waals surface area contributed by atoms with E-state index in [9.17, 15) is 31.8 Å². The van der Waals surface area contributed by atoms with Crippen molar-refractivity contribution in [3.05, 3.63) is 121 Å². The number of para-hydroxylation sites is 4. The molecule has 0 radical (unpaired) electrons. The van der Waals surface area contributed by atoms with Crippen LogP contribution in [0.3, 0.4) is 0 Å². The van der Waals surface area contributed by atoms with Gasteiger partial charge in [-0.1, -0.05) is 72.1 Å². The number of alkyl halides is 3. The van der Waals surface area contributed by atoms with Crippen molar-refractivity contribution in [2.45, 2.75) is 106 Å². The van der Waals surface area contributed by atoms with E-state index >= 15 is 0 Å². The number of nitrogens with zero attached hydrogens (tertiary/aromatic N) is 2. The molecular formula is C43H43F3N4O5S3. The van der Waals surface area contributed by atoms with Gasteiger partial charge in [-0.25, -0.2) is 13.1 Å². The number of anilines is 4. The summed E-state index contributed by atoms with van der Waals surface area (Å²) >= 11 is 3.45. The average Bonchev–Trinajstić information content (AvgIpc) is 3.21. The van der Waals surface area contributed by atoms with Crippen LogP contribution in [-0.4, -0.2) is 61.4 Å². The highest BCUT2D eigenvalue weighted by molar-refractivity contribution is 8.00. The molecule has 2 unspecified atom stereocenters. The summed E-state index contributed by atoms with van der Waals surface area (Å²) in [4.78, 5) is 8.77. The van der Waals surface area contributed by atoms with Crippen molar-refractivity contribution in [1.29, 1.82) is 0 Å². The first kappa shape index (κ1) is 40.6. The highest BCUT2D eigenvalue weighted by Gasteiger charge is 2.41. The number of nitrogens with two attached hydrogens (primary N) is 1. The Hall–Kier alpha value is -4.22. The summed E-state index contributed by atoms with van der Waals surface area (Å²) in [6.07, 6.45) is -1.66. The minimum atomic E-state index is -4.87. The minimum absolute atomic E-state index is 0.0481. The molecule has 304 valence electrons. The number of halogens is 3. The topological polar surface area (TPSA) is 128 Å². The molecule has 5 aromatic carbocycles. The lowest BCUT2D eigenvalue weighted by Gasteiger charge is -2.45. The third-order valence-corrected chi connectivity index (χ3v) is 14.7. The summed E-state index contributed by atoms with van der Waals surface area (Å²) in [5.74, 6) is -0.514. The molecule has 2 saturated carbocycles. The predicted octanol–water partition coefficient (Wildman–Crippen LogP) is 8.98. The molecule has 4 aliphatic rings. The molecular weight excluding hydrogens is 806 g/mol. The molecule has 0 amide bonds. The quantitative estimate of drug-likeness (QED) is 0.132. The van der Waals surface area contributed by atoms with Gasteiger partial charge in [0.2, 0.25) is 10.0 Å². The Balaban J connectivity index is 0.000000181. The molecule has 5 aromatic rings. The normalized spacial score (nSPS) is 24.0. The first-order valence-corrected chi connectivity index (χ1v) is 22.3. The first-order valence-electron chi connectivity index (χ1n) is 19.2. The van der Waals surface area contributed by atoms with E-state index in [1.54, 1.807) is 23.5 Å². The van der Waals surface area contributed by atoms with Crippen LogP contribution in [0.4, 0.5) is 35.9 Å². The number of hydrogen-bond acceptors (Lipinski definition) is 10. The van der Waals surface area contributed by atoms with Crippen molar-refractivity contribution in [3.63, 3.8) is 0 Å². The number of nitrogens with one attached hydrogen (secondary N) is 1. The molecule has 6 atom stereocenters. The van der Waals surface area contributed by atoms with Crippen LogP contribution < -0.4 is 25.0 Å². The van der Waals surface area contributed by atoms with Gasteiger partial charge in [0.1, 0.15) is 5.75 Å². The lowest BCUT2D eigenvalue weighted by atomic mass is 9.87.